The van der Waals surface area contributed by atoms with E-state index < -0.39 is 0 Å². The average Bonchev–Trinajstić information content (AvgIpc) is 2.07. The summed E-state index contributed by atoms with van der Waals surface area (Å²) in [5.74, 6) is 0. The first-order valence-corrected chi connectivity index (χ1v) is 3.76. The van der Waals surface area contributed by atoms with E-state index in [1.807, 2.05) is 37.3 Å². The van der Waals surface area contributed by atoms with Crippen molar-refractivity contribution in [3.63, 3.8) is 0 Å². The molecule has 0 bridgehead atoms. The van der Waals surface area contributed by atoms with E-state index in [0.29, 0.717) is 6.61 Å². The van der Waals surface area contributed by atoms with Crippen LogP contribution in [0.4, 0.5) is 0 Å². The van der Waals surface area contributed by atoms with Crippen molar-refractivity contribution >= 4 is 0 Å². The zero-order valence-corrected chi connectivity index (χ0v) is 6.66. The maximum Gasteiger partial charge on any atom is 0.131 e. The predicted octanol–water partition coefficient (Wildman–Crippen LogP) is 1.68. The van der Waals surface area contributed by atoms with Crippen LogP contribution in [-0.4, -0.2) is 6.61 Å². The van der Waals surface area contributed by atoms with Crippen LogP contribution in [0.5, 0.6) is 0 Å². The Morgan fingerprint density at radius 3 is 2.55 bits per heavy atom. The molecule has 0 aliphatic carbocycles. The van der Waals surface area contributed by atoms with E-state index in [9.17, 15) is 0 Å². The van der Waals surface area contributed by atoms with E-state index >= 15 is 0 Å². The molecule has 0 saturated heterocycles. The van der Waals surface area contributed by atoms with Crippen LogP contribution in [0.3, 0.4) is 0 Å². The Bertz CT molecular complexity index is 198. The standard InChI is InChI=1S/C9H13NO/c1-2-11-9(10)8-6-4-3-5-7-8/h3-7,9H,2,10H2,1H3. The summed E-state index contributed by atoms with van der Waals surface area (Å²) in [6.07, 6.45) is -0.277. The van der Waals surface area contributed by atoms with Crippen molar-refractivity contribution in [3.05, 3.63) is 35.9 Å². The maximum absolute atomic E-state index is 5.68. The van der Waals surface area contributed by atoms with E-state index in [2.05, 4.69) is 0 Å². The van der Waals surface area contributed by atoms with Gasteiger partial charge in [-0.25, -0.2) is 0 Å². The van der Waals surface area contributed by atoms with Gasteiger partial charge in [0.05, 0.1) is 0 Å². The lowest BCUT2D eigenvalue weighted by molar-refractivity contribution is 0.0675. The van der Waals surface area contributed by atoms with Crippen LogP contribution in [-0.2, 0) is 4.74 Å². The van der Waals surface area contributed by atoms with Crippen LogP contribution in [0, 0.1) is 0 Å². The Balaban J connectivity index is 2.61. The Morgan fingerprint density at radius 2 is 2.00 bits per heavy atom. The minimum Gasteiger partial charge on any atom is -0.360 e. The first-order valence-electron chi connectivity index (χ1n) is 3.76. The maximum atomic E-state index is 5.68. The molecular formula is C9H13NO. The van der Waals surface area contributed by atoms with Gasteiger partial charge in [0.25, 0.3) is 0 Å². The van der Waals surface area contributed by atoms with Crippen molar-refractivity contribution in [2.75, 3.05) is 6.61 Å². The Kier molecular flexibility index (Phi) is 3.08. The normalized spacial score (nSPS) is 12.9. The molecule has 0 saturated carbocycles. The molecule has 0 aliphatic rings. The fourth-order valence-electron chi connectivity index (χ4n) is 0.919. The van der Waals surface area contributed by atoms with Gasteiger partial charge in [-0.05, 0) is 12.5 Å². The molecule has 1 unspecified atom stereocenters. The average molecular weight is 151 g/mol. The molecule has 2 nitrogen and oxygen atoms in total. The van der Waals surface area contributed by atoms with Crippen LogP contribution in [0.1, 0.15) is 18.7 Å². The van der Waals surface area contributed by atoms with Crippen molar-refractivity contribution in [1.82, 2.24) is 0 Å². The molecule has 0 amide bonds. The van der Waals surface area contributed by atoms with Gasteiger partial charge in [-0.3, -0.25) is 0 Å². The molecule has 2 heteroatoms. The summed E-state index contributed by atoms with van der Waals surface area (Å²) < 4.78 is 5.21. The molecule has 11 heavy (non-hydrogen) atoms. The third kappa shape index (κ3) is 2.33. The Hall–Kier alpha value is -0.860. The minimum atomic E-state index is -0.277. The van der Waals surface area contributed by atoms with E-state index in [1.54, 1.807) is 0 Å². The van der Waals surface area contributed by atoms with Crippen molar-refractivity contribution < 1.29 is 4.74 Å². The van der Waals surface area contributed by atoms with Gasteiger partial charge in [0.1, 0.15) is 6.23 Å². The lowest BCUT2D eigenvalue weighted by Gasteiger charge is -2.10. The molecular weight excluding hydrogens is 138 g/mol. The number of ether oxygens (including phenoxy) is 1. The minimum absolute atomic E-state index is 0.277. The third-order valence-electron chi connectivity index (χ3n) is 1.47. The largest absolute Gasteiger partial charge is 0.360 e. The molecule has 0 spiro atoms. The quantitative estimate of drug-likeness (QED) is 0.667. The molecule has 1 atom stereocenters. The summed E-state index contributed by atoms with van der Waals surface area (Å²) in [5.41, 5.74) is 6.71. The number of rotatable bonds is 3. The van der Waals surface area contributed by atoms with Crippen molar-refractivity contribution in [2.45, 2.75) is 13.2 Å². The topological polar surface area (TPSA) is 35.2 Å². The van der Waals surface area contributed by atoms with E-state index in [0.717, 1.165) is 5.56 Å². The summed E-state index contributed by atoms with van der Waals surface area (Å²) in [5, 5.41) is 0. The highest BCUT2D eigenvalue weighted by atomic mass is 16.5. The molecule has 1 aromatic carbocycles. The highest BCUT2D eigenvalue weighted by molar-refractivity contribution is 5.16. The van der Waals surface area contributed by atoms with Gasteiger partial charge in [0, 0.05) is 6.61 Å². The third-order valence-corrected chi connectivity index (χ3v) is 1.47. The Morgan fingerprint density at radius 1 is 1.36 bits per heavy atom. The summed E-state index contributed by atoms with van der Waals surface area (Å²) in [7, 11) is 0. The van der Waals surface area contributed by atoms with Crippen molar-refractivity contribution in [3.8, 4) is 0 Å². The first-order chi connectivity index (χ1) is 5.34. The Labute approximate surface area is 67.0 Å². The van der Waals surface area contributed by atoms with Gasteiger partial charge in [0.2, 0.25) is 0 Å². The summed E-state index contributed by atoms with van der Waals surface area (Å²) in [4.78, 5) is 0. The van der Waals surface area contributed by atoms with E-state index in [1.165, 1.54) is 0 Å². The van der Waals surface area contributed by atoms with Gasteiger partial charge in [-0.1, -0.05) is 30.3 Å². The molecule has 1 aromatic rings. The lowest BCUT2D eigenvalue weighted by Crippen LogP contribution is -2.13. The second-order valence-electron chi connectivity index (χ2n) is 2.29. The highest BCUT2D eigenvalue weighted by Gasteiger charge is 2.01. The van der Waals surface area contributed by atoms with Gasteiger partial charge in [-0.15, -0.1) is 0 Å². The number of benzene rings is 1. The van der Waals surface area contributed by atoms with Gasteiger partial charge in [0.15, 0.2) is 0 Å². The predicted molar refractivity (Wildman–Crippen MR) is 45.0 cm³/mol. The number of hydrogen-bond donors (Lipinski definition) is 1. The second kappa shape index (κ2) is 4.11. The van der Waals surface area contributed by atoms with E-state index in [-0.39, 0.29) is 6.23 Å². The van der Waals surface area contributed by atoms with Crippen LogP contribution in [0.25, 0.3) is 0 Å². The van der Waals surface area contributed by atoms with Crippen LogP contribution in [0.15, 0.2) is 30.3 Å². The van der Waals surface area contributed by atoms with Gasteiger partial charge >= 0.3 is 0 Å². The summed E-state index contributed by atoms with van der Waals surface area (Å²) in [6, 6.07) is 9.78. The van der Waals surface area contributed by atoms with E-state index in [4.69, 9.17) is 10.5 Å². The smallest absolute Gasteiger partial charge is 0.131 e. The van der Waals surface area contributed by atoms with Crippen molar-refractivity contribution in [2.24, 2.45) is 5.73 Å². The van der Waals surface area contributed by atoms with Crippen LogP contribution < -0.4 is 5.73 Å². The SMILES string of the molecule is CCOC(N)c1ccccc1. The van der Waals surface area contributed by atoms with Gasteiger partial charge < -0.3 is 10.5 Å². The highest BCUT2D eigenvalue weighted by Crippen LogP contribution is 2.09. The molecule has 0 aromatic heterocycles. The zero-order chi connectivity index (χ0) is 8.10. The fraction of sp³-hybridized carbons (Fsp3) is 0.333. The molecule has 0 radical (unpaired) electrons. The van der Waals surface area contributed by atoms with Gasteiger partial charge in [-0.2, -0.15) is 0 Å². The molecule has 0 fully saturated rings. The van der Waals surface area contributed by atoms with Crippen LogP contribution in [0.2, 0.25) is 0 Å². The zero-order valence-electron chi connectivity index (χ0n) is 6.66. The second-order valence-corrected chi connectivity index (χ2v) is 2.29. The van der Waals surface area contributed by atoms with Crippen molar-refractivity contribution in [1.29, 1.82) is 0 Å². The summed E-state index contributed by atoms with van der Waals surface area (Å²) in [6.45, 7) is 2.58. The lowest BCUT2D eigenvalue weighted by atomic mass is 10.2. The monoisotopic (exact) mass is 151 g/mol. The number of nitrogens with two attached hydrogens (primary N) is 1. The first kappa shape index (κ1) is 8.24. The molecule has 0 heterocycles. The number of hydrogen-bond acceptors (Lipinski definition) is 2. The molecule has 2 N–H and O–H groups in total. The van der Waals surface area contributed by atoms with Crippen LogP contribution >= 0.6 is 0 Å². The molecule has 1 rings (SSSR count). The molecule has 0 aliphatic heterocycles. The fourth-order valence-corrected chi connectivity index (χ4v) is 0.919. The molecule has 60 valence electrons. The summed E-state index contributed by atoms with van der Waals surface area (Å²) >= 11 is 0.